The summed E-state index contributed by atoms with van der Waals surface area (Å²) in [7, 11) is 1.55. The summed E-state index contributed by atoms with van der Waals surface area (Å²) in [5.41, 5.74) is -0.837. The first-order valence-electron chi connectivity index (χ1n) is 13.7. The van der Waals surface area contributed by atoms with Crippen molar-refractivity contribution >= 4 is 23.6 Å². The number of nitrogens with zero attached hydrogens (tertiary/aromatic N) is 1. The Hall–Kier alpha value is -3.75. The summed E-state index contributed by atoms with van der Waals surface area (Å²) < 4.78 is 10.7. The van der Waals surface area contributed by atoms with Gasteiger partial charge in [0.25, 0.3) is 5.91 Å². The van der Waals surface area contributed by atoms with E-state index >= 15 is 0 Å². The van der Waals surface area contributed by atoms with E-state index in [9.17, 15) is 19.5 Å². The molecule has 0 aliphatic rings. The van der Waals surface area contributed by atoms with Gasteiger partial charge < -0.3 is 30.1 Å². The van der Waals surface area contributed by atoms with Crippen LogP contribution in [-0.2, 0) is 14.3 Å². The molecular formula is C31H45N3O6. The maximum absolute atomic E-state index is 14.5. The summed E-state index contributed by atoms with van der Waals surface area (Å²) in [5.74, 6) is -0.734. The Morgan fingerprint density at radius 3 is 2.08 bits per heavy atom. The fourth-order valence-corrected chi connectivity index (χ4v) is 4.21. The topological polar surface area (TPSA) is 117 Å². The van der Waals surface area contributed by atoms with Gasteiger partial charge in [-0.2, -0.15) is 0 Å². The van der Waals surface area contributed by atoms with Crippen LogP contribution < -0.4 is 15.4 Å². The van der Waals surface area contributed by atoms with E-state index in [1.165, 1.54) is 11.0 Å². The number of amides is 3. The minimum absolute atomic E-state index is 0.123. The molecule has 0 bridgehead atoms. The van der Waals surface area contributed by atoms with E-state index in [0.717, 1.165) is 0 Å². The van der Waals surface area contributed by atoms with Gasteiger partial charge in [-0.3, -0.25) is 9.59 Å². The van der Waals surface area contributed by atoms with E-state index in [1.807, 2.05) is 34.6 Å². The SMILES string of the molecule is CCC(C)C(NC(=O)OC(C)(C)C)C(=O)N(C(C(=O)Nc1ccc(OC)cc1)c1ccccc1O)C(C)(C)CC. The number of para-hydroxylation sites is 1. The number of benzene rings is 2. The predicted octanol–water partition coefficient (Wildman–Crippen LogP) is 6.04. The van der Waals surface area contributed by atoms with Gasteiger partial charge in [0.15, 0.2) is 0 Å². The van der Waals surface area contributed by atoms with Gasteiger partial charge in [0.2, 0.25) is 5.91 Å². The van der Waals surface area contributed by atoms with Crippen LogP contribution in [-0.4, -0.2) is 52.2 Å². The summed E-state index contributed by atoms with van der Waals surface area (Å²) in [4.78, 5) is 42.8. The molecule has 0 saturated carbocycles. The number of alkyl carbamates (subject to hydrolysis) is 1. The third-order valence-corrected chi connectivity index (χ3v) is 7.00. The molecule has 3 amide bonds. The Morgan fingerprint density at radius 2 is 1.57 bits per heavy atom. The minimum Gasteiger partial charge on any atom is -0.508 e. The van der Waals surface area contributed by atoms with Crippen LogP contribution in [0.4, 0.5) is 10.5 Å². The van der Waals surface area contributed by atoms with Crippen molar-refractivity contribution in [2.24, 2.45) is 5.92 Å². The van der Waals surface area contributed by atoms with Gasteiger partial charge in [-0.1, -0.05) is 45.4 Å². The lowest BCUT2D eigenvalue weighted by atomic mass is 9.89. The van der Waals surface area contributed by atoms with Gasteiger partial charge in [-0.05, 0) is 77.3 Å². The van der Waals surface area contributed by atoms with Crippen molar-refractivity contribution in [3.8, 4) is 11.5 Å². The third kappa shape index (κ3) is 8.37. The van der Waals surface area contributed by atoms with Gasteiger partial charge in [0, 0.05) is 16.8 Å². The lowest BCUT2D eigenvalue weighted by molar-refractivity contribution is -0.148. The van der Waals surface area contributed by atoms with Gasteiger partial charge in [-0.15, -0.1) is 0 Å². The van der Waals surface area contributed by atoms with E-state index in [2.05, 4.69) is 10.6 Å². The fourth-order valence-electron chi connectivity index (χ4n) is 4.21. The van der Waals surface area contributed by atoms with E-state index in [0.29, 0.717) is 24.3 Å². The van der Waals surface area contributed by atoms with Crippen LogP contribution in [0.25, 0.3) is 0 Å². The molecule has 0 fully saturated rings. The smallest absolute Gasteiger partial charge is 0.408 e. The summed E-state index contributed by atoms with van der Waals surface area (Å²) in [6.45, 7) is 14.7. The van der Waals surface area contributed by atoms with Crippen LogP contribution in [0.5, 0.6) is 11.5 Å². The summed E-state index contributed by atoms with van der Waals surface area (Å²) in [5, 5.41) is 16.5. The predicted molar refractivity (Wildman–Crippen MR) is 156 cm³/mol. The molecule has 3 atom stereocenters. The molecule has 9 heteroatoms. The molecule has 0 radical (unpaired) electrons. The maximum atomic E-state index is 14.5. The number of rotatable bonds is 11. The first-order chi connectivity index (χ1) is 18.6. The number of nitrogens with one attached hydrogen (secondary N) is 2. The first kappa shape index (κ1) is 32.5. The molecule has 2 aromatic carbocycles. The van der Waals surface area contributed by atoms with Crippen molar-refractivity contribution in [3.05, 3.63) is 54.1 Å². The van der Waals surface area contributed by atoms with Crippen LogP contribution in [0.3, 0.4) is 0 Å². The number of carbonyl (C=O) groups is 3. The highest BCUT2D eigenvalue weighted by Crippen LogP contribution is 2.37. The molecule has 0 spiro atoms. The van der Waals surface area contributed by atoms with Crippen molar-refractivity contribution in [2.45, 2.75) is 91.5 Å². The first-order valence-corrected chi connectivity index (χ1v) is 13.7. The summed E-state index contributed by atoms with van der Waals surface area (Å²) >= 11 is 0. The van der Waals surface area contributed by atoms with Gasteiger partial charge in [0.1, 0.15) is 29.2 Å². The van der Waals surface area contributed by atoms with Crippen molar-refractivity contribution < 1.29 is 29.0 Å². The highest BCUT2D eigenvalue weighted by Gasteiger charge is 2.45. The number of ether oxygens (including phenoxy) is 2. The average Bonchev–Trinajstić information content (AvgIpc) is 2.89. The highest BCUT2D eigenvalue weighted by atomic mass is 16.6. The minimum atomic E-state index is -1.21. The lowest BCUT2D eigenvalue weighted by Gasteiger charge is -2.45. The molecule has 0 aliphatic carbocycles. The Kier molecular flexibility index (Phi) is 11.0. The van der Waals surface area contributed by atoms with Crippen molar-refractivity contribution in [1.29, 1.82) is 0 Å². The van der Waals surface area contributed by atoms with Crippen LogP contribution in [0.15, 0.2) is 48.5 Å². The van der Waals surface area contributed by atoms with Crippen LogP contribution in [0.1, 0.15) is 79.8 Å². The van der Waals surface area contributed by atoms with Gasteiger partial charge >= 0.3 is 6.09 Å². The Balaban J connectivity index is 2.65. The summed E-state index contributed by atoms with van der Waals surface area (Å²) in [6, 6.07) is 11.1. The third-order valence-electron chi connectivity index (χ3n) is 7.00. The largest absolute Gasteiger partial charge is 0.508 e. The highest BCUT2D eigenvalue weighted by molar-refractivity contribution is 5.99. The molecule has 220 valence electrons. The number of anilines is 1. The molecule has 0 aromatic heterocycles. The van der Waals surface area contributed by atoms with Crippen LogP contribution in [0, 0.1) is 5.92 Å². The second-order valence-corrected chi connectivity index (χ2v) is 11.6. The molecule has 0 aliphatic heterocycles. The van der Waals surface area contributed by atoms with E-state index < -0.39 is 41.1 Å². The molecule has 3 N–H and O–H groups in total. The van der Waals surface area contributed by atoms with E-state index in [-0.39, 0.29) is 17.2 Å². The number of phenolic OH excluding ortho intramolecular Hbond substituents is 1. The zero-order valence-corrected chi connectivity index (χ0v) is 25.2. The Labute approximate surface area is 238 Å². The van der Waals surface area contributed by atoms with Gasteiger partial charge in [0.05, 0.1) is 7.11 Å². The van der Waals surface area contributed by atoms with E-state index in [4.69, 9.17) is 9.47 Å². The standard InChI is InChI=1S/C31H45N3O6/c1-10-20(3)25(33-29(38)40-30(4,5)6)28(37)34(31(7,8)11-2)26(23-14-12-13-15-24(23)35)27(36)32-21-16-18-22(39-9)19-17-21/h12-20,25-26,35H,10-11H2,1-9H3,(H,32,36)(H,33,38). The molecule has 40 heavy (non-hydrogen) atoms. The number of aromatic hydroxyl groups is 1. The molecule has 9 nitrogen and oxygen atoms in total. The second-order valence-electron chi connectivity index (χ2n) is 11.6. The van der Waals surface area contributed by atoms with Crippen molar-refractivity contribution in [2.75, 3.05) is 12.4 Å². The number of phenols is 1. The fraction of sp³-hybridized carbons (Fsp3) is 0.516. The summed E-state index contributed by atoms with van der Waals surface area (Å²) in [6.07, 6.45) is 0.367. The number of methoxy groups -OCH3 is 1. The maximum Gasteiger partial charge on any atom is 0.408 e. The number of hydrogen-bond donors (Lipinski definition) is 3. The molecular weight excluding hydrogens is 510 g/mol. The zero-order chi connectivity index (χ0) is 30.3. The second kappa shape index (κ2) is 13.5. The average molecular weight is 556 g/mol. The normalized spacial score (nSPS) is 13.9. The molecule has 2 rings (SSSR count). The molecule has 2 aromatic rings. The van der Waals surface area contributed by atoms with Crippen molar-refractivity contribution in [1.82, 2.24) is 10.2 Å². The lowest BCUT2D eigenvalue weighted by Crippen LogP contribution is -2.60. The molecule has 0 saturated heterocycles. The number of hydrogen-bond acceptors (Lipinski definition) is 6. The van der Waals surface area contributed by atoms with Gasteiger partial charge in [-0.25, -0.2) is 4.79 Å². The molecule has 0 heterocycles. The number of carbonyl (C=O) groups excluding carboxylic acids is 3. The van der Waals surface area contributed by atoms with Crippen LogP contribution >= 0.6 is 0 Å². The van der Waals surface area contributed by atoms with Crippen molar-refractivity contribution in [3.63, 3.8) is 0 Å². The molecule has 3 unspecified atom stereocenters. The monoisotopic (exact) mass is 555 g/mol. The van der Waals surface area contributed by atoms with E-state index in [1.54, 1.807) is 70.3 Å². The zero-order valence-electron chi connectivity index (χ0n) is 25.2. The quantitative estimate of drug-likeness (QED) is 0.311. The Bertz CT molecular complexity index is 1160. The van der Waals surface area contributed by atoms with Crippen LogP contribution in [0.2, 0.25) is 0 Å². The Morgan fingerprint density at radius 1 is 0.975 bits per heavy atom.